The van der Waals surface area contributed by atoms with Gasteiger partial charge in [-0.2, -0.15) is 0 Å². The fraction of sp³-hybridized carbons (Fsp3) is 0.500. The van der Waals surface area contributed by atoms with E-state index in [4.69, 9.17) is 10.6 Å². The normalized spacial score (nSPS) is 14.6. The number of nitrogens with two attached hydrogens (primary N) is 1. The van der Waals surface area contributed by atoms with Crippen LogP contribution in [0, 0.1) is 11.6 Å². The summed E-state index contributed by atoms with van der Waals surface area (Å²) in [6, 6.07) is 3.15. The summed E-state index contributed by atoms with van der Waals surface area (Å²) in [4.78, 5) is 0. The number of hydrogen-bond acceptors (Lipinski definition) is 3. The van der Waals surface area contributed by atoms with Gasteiger partial charge >= 0.3 is 0 Å². The Morgan fingerprint density at radius 1 is 1.41 bits per heavy atom. The van der Waals surface area contributed by atoms with Gasteiger partial charge < -0.3 is 4.74 Å². The summed E-state index contributed by atoms with van der Waals surface area (Å²) in [5.74, 6) is 4.53. The highest BCUT2D eigenvalue weighted by atomic mass is 19.1. The van der Waals surface area contributed by atoms with Crippen molar-refractivity contribution in [3.63, 3.8) is 0 Å². The lowest BCUT2D eigenvalue weighted by Gasteiger charge is -2.24. The average Bonchev–Trinajstić information content (AvgIpc) is 2.33. The van der Waals surface area contributed by atoms with Crippen LogP contribution >= 0.6 is 0 Å². The minimum atomic E-state index is -0.456. The van der Waals surface area contributed by atoms with Crippen LogP contribution in [0.1, 0.15) is 18.9 Å². The van der Waals surface area contributed by atoms with Gasteiger partial charge in [0, 0.05) is 7.11 Å². The van der Waals surface area contributed by atoms with Gasteiger partial charge in [-0.05, 0) is 36.6 Å². The molecule has 0 aliphatic heterocycles. The molecule has 0 saturated heterocycles. The molecule has 0 bridgehead atoms. The molecule has 0 amide bonds. The standard InChI is InChI=1S/C12H18F2N2O/c1-3-12(17-2)11(16-15)7-8-6-9(13)4-5-10(8)14/h4-6,11-12,16H,3,7,15H2,1-2H3. The summed E-state index contributed by atoms with van der Waals surface area (Å²) >= 11 is 0. The molecule has 0 radical (unpaired) electrons. The molecule has 0 heterocycles. The zero-order chi connectivity index (χ0) is 12.8. The highest BCUT2D eigenvalue weighted by Gasteiger charge is 2.20. The Kier molecular flexibility index (Phi) is 5.47. The fourth-order valence-electron chi connectivity index (χ4n) is 1.85. The Morgan fingerprint density at radius 2 is 2.12 bits per heavy atom. The van der Waals surface area contributed by atoms with E-state index < -0.39 is 11.6 Å². The Balaban J connectivity index is 2.83. The molecule has 0 saturated carbocycles. The molecule has 3 nitrogen and oxygen atoms in total. The van der Waals surface area contributed by atoms with Gasteiger partial charge in [-0.1, -0.05) is 6.92 Å². The Bertz CT molecular complexity index is 356. The van der Waals surface area contributed by atoms with Gasteiger partial charge in [-0.25, -0.2) is 8.78 Å². The van der Waals surface area contributed by atoms with Crippen LogP contribution in [0.4, 0.5) is 8.78 Å². The molecule has 1 rings (SSSR count). The van der Waals surface area contributed by atoms with Crippen molar-refractivity contribution in [2.75, 3.05) is 7.11 Å². The molecule has 1 aromatic carbocycles. The van der Waals surface area contributed by atoms with Crippen molar-refractivity contribution in [3.8, 4) is 0 Å². The van der Waals surface area contributed by atoms with E-state index >= 15 is 0 Å². The van der Waals surface area contributed by atoms with E-state index in [0.29, 0.717) is 5.56 Å². The molecule has 0 fully saturated rings. The third-order valence-electron chi connectivity index (χ3n) is 2.82. The largest absolute Gasteiger partial charge is 0.380 e. The van der Waals surface area contributed by atoms with E-state index in [0.717, 1.165) is 18.6 Å². The number of rotatable bonds is 6. The smallest absolute Gasteiger partial charge is 0.126 e. The van der Waals surface area contributed by atoms with Gasteiger partial charge in [0.1, 0.15) is 11.6 Å². The fourth-order valence-corrected chi connectivity index (χ4v) is 1.85. The van der Waals surface area contributed by atoms with Crippen molar-refractivity contribution >= 4 is 0 Å². The van der Waals surface area contributed by atoms with Crippen LogP contribution in [0.25, 0.3) is 0 Å². The first-order valence-electron chi connectivity index (χ1n) is 5.55. The summed E-state index contributed by atoms with van der Waals surface area (Å²) in [5.41, 5.74) is 2.88. The van der Waals surface area contributed by atoms with Crippen LogP contribution in [0.15, 0.2) is 18.2 Å². The van der Waals surface area contributed by atoms with E-state index in [2.05, 4.69) is 5.43 Å². The number of nitrogens with one attached hydrogen (secondary N) is 1. The van der Waals surface area contributed by atoms with Gasteiger partial charge in [0.25, 0.3) is 0 Å². The minimum absolute atomic E-state index is 0.136. The summed E-state index contributed by atoms with van der Waals surface area (Å²) < 4.78 is 31.7. The van der Waals surface area contributed by atoms with E-state index in [-0.39, 0.29) is 18.6 Å². The topological polar surface area (TPSA) is 47.3 Å². The van der Waals surface area contributed by atoms with Crippen LogP contribution in [-0.2, 0) is 11.2 Å². The molecule has 96 valence electrons. The van der Waals surface area contributed by atoms with Gasteiger partial charge in [0.05, 0.1) is 12.1 Å². The molecule has 0 aromatic heterocycles. The first kappa shape index (κ1) is 14.0. The number of methoxy groups -OCH3 is 1. The third-order valence-corrected chi connectivity index (χ3v) is 2.82. The highest BCUT2D eigenvalue weighted by molar-refractivity contribution is 5.20. The van der Waals surface area contributed by atoms with Crippen LogP contribution in [0.2, 0.25) is 0 Å². The Morgan fingerprint density at radius 3 is 2.65 bits per heavy atom. The molecule has 3 N–H and O–H groups in total. The molecule has 2 unspecified atom stereocenters. The number of ether oxygens (including phenoxy) is 1. The molecule has 5 heteroatoms. The maximum atomic E-state index is 13.5. The highest BCUT2D eigenvalue weighted by Crippen LogP contribution is 2.15. The van der Waals surface area contributed by atoms with Crippen LogP contribution in [-0.4, -0.2) is 19.3 Å². The van der Waals surface area contributed by atoms with Gasteiger partial charge in [-0.15, -0.1) is 0 Å². The van der Waals surface area contributed by atoms with Crippen molar-refractivity contribution in [3.05, 3.63) is 35.4 Å². The third kappa shape index (κ3) is 3.73. The molecular formula is C12H18F2N2O. The van der Waals surface area contributed by atoms with Crippen molar-refractivity contribution < 1.29 is 13.5 Å². The molecular weight excluding hydrogens is 226 g/mol. The molecule has 0 aliphatic rings. The second-order valence-corrected chi connectivity index (χ2v) is 3.90. The molecule has 0 spiro atoms. The predicted molar refractivity (Wildman–Crippen MR) is 62.3 cm³/mol. The lowest BCUT2D eigenvalue weighted by atomic mass is 9.99. The molecule has 0 aliphatic carbocycles. The zero-order valence-corrected chi connectivity index (χ0v) is 10.0. The predicted octanol–water partition coefficient (Wildman–Crippen LogP) is 1.76. The van der Waals surface area contributed by atoms with Gasteiger partial charge in [0.15, 0.2) is 0 Å². The lowest BCUT2D eigenvalue weighted by molar-refractivity contribution is 0.0651. The second kappa shape index (κ2) is 6.64. The second-order valence-electron chi connectivity index (χ2n) is 3.90. The molecule has 1 aromatic rings. The Labute approximate surface area is 99.9 Å². The van der Waals surface area contributed by atoms with E-state index in [1.165, 1.54) is 6.07 Å². The quantitative estimate of drug-likeness (QED) is 0.592. The number of halogens is 2. The first-order chi connectivity index (χ1) is 8.12. The van der Waals surface area contributed by atoms with Gasteiger partial charge in [0.2, 0.25) is 0 Å². The number of hydrazine groups is 1. The lowest BCUT2D eigenvalue weighted by Crippen LogP contribution is -2.46. The summed E-state index contributed by atoms with van der Waals surface area (Å²) in [6.45, 7) is 1.94. The van der Waals surface area contributed by atoms with Crippen molar-refractivity contribution in [1.29, 1.82) is 0 Å². The molecule has 17 heavy (non-hydrogen) atoms. The number of benzene rings is 1. The van der Waals surface area contributed by atoms with Crippen molar-refractivity contribution in [2.24, 2.45) is 5.84 Å². The van der Waals surface area contributed by atoms with Crippen LogP contribution in [0.3, 0.4) is 0 Å². The summed E-state index contributed by atoms with van der Waals surface area (Å²) in [5, 5.41) is 0. The van der Waals surface area contributed by atoms with Crippen molar-refractivity contribution in [1.82, 2.24) is 5.43 Å². The SMILES string of the molecule is CCC(OC)C(Cc1cc(F)ccc1F)NN. The van der Waals surface area contributed by atoms with Crippen LogP contribution in [0.5, 0.6) is 0 Å². The minimum Gasteiger partial charge on any atom is -0.380 e. The van der Waals surface area contributed by atoms with E-state index in [9.17, 15) is 8.78 Å². The van der Waals surface area contributed by atoms with Crippen molar-refractivity contribution in [2.45, 2.75) is 31.9 Å². The zero-order valence-electron chi connectivity index (χ0n) is 10.0. The monoisotopic (exact) mass is 244 g/mol. The maximum Gasteiger partial charge on any atom is 0.126 e. The summed E-state index contributed by atoms with van der Waals surface area (Å²) in [7, 11) is 1.57. The maximum absolute atomic E-state index is 13.5. The average molecular weight is 244 g/mol. The number of hydrogen-bond donors (Lipinski definition) is 2. The van der Waals surface area contributed by atoms with E-state index in [1.54, 1.807) is 7.11 Å². The summed E-state index contributed by atoms with van der Waals surface area (Å²) in [6.07, 6.45) is 0.886. The Hall–Kier alpha value is -1.04. The first-order valence-corrected chi connectivity index (χ1v) is 5.55. The van der Waals surface area contributed by atoms with Gasteiger partial charge in [-0.3, -0.25) is 11.3 Å². The molecule has 2 atom stereocenters. The van der Waals surface area contributed by atoms with Crippen LogP contribution < -0.4 is 11.3 Å². The van der Waals surface area contributed by atoms with E-state index in [1.807, 2.05) is 6.92 Å².